The molecule has 1 heterocycles. The lowest BCUT2D eigenvalue weighted by molar-refractivity contribution is -0.127. The summed E-state index contributed by atoms with van der Waals surface area (Å²) in [5.74, 6) is 0.370. The maximum Gasteiger partial charge on any atom is 0.409 e. The second-order valence-corrected chi connectivity index (χ2v) is 6.69. The number of benzene rings is 1. The van der Waals surface area contributed by atoms with Crippen molar-refractivity contribution in [2.45, 2.75) is 44.6 Å². The van der Waals surface area contributed by atoms with Gasteiger partial charge in [0.25, 0.3) is 0 Å². The molecule has 5 heteroatoms. The fraction of sp³-hybridized carbons (Fsp3) is 0.579. The molecule has 2 aliphatic rings. The van der Waals surface area contributed by atoms with Gasteiger partial charge < -0.3 is 15.0 Å². The third-order valence-corrected chi connectivity index (χ3v) is 5.15. The third-order valence-electron chi connectivity index (χ3n) is 5.15. The van der Waals surface area contributed by atoms with Gasteiger partial charge in [0, 0.05) is 25.0 Å². The summed E-state index contributed by atoms with van der Waals surface area (Å²) in [5, 5.41) is 3.21. The van der Waals surface area contributed by atoms with E-state index in [0.717, 1.165) is 25.7 Å². The van der Waals surface area contributed by atoms with Gasteiger partial charge in [-0.3, -0.25) is 4.79 Å². The van der Waals surface area contributed by atoms with Gasteiger partial charge in [-0.25, -0.2) is 4.79 Å². The maximum absolute atomic E-state index is 12.6. The molecule has 0 spiro atoms. The topological polar surface area (TPSA) is 58.6 Å². The molecule has 1 saturated carbocycles. The van der Waals surface area contributed by atoms with Crippen molar-refractivity contribution in [2.24, 2.45) is 5.92 Å². The summed E-state index contributed by atoms with van der Waals surface area (Å²) in [4.78, 5) is 26.1. The minimum atomic E-state index is -0.305. The number of hydrogen-bond acceptors (Lipinski definition) is 3. The molecule has 0 aromatic heterocycles. The molecule has 1 N–H and O–H groups in total. The molecule has 1 aromatic rings. The minimum absolute atomic E-state index is 0.0784. The van der Waals surface area contributed by atoms with Crippen LogP contribution in [0.2, 0.25) is 0 Å². The van der Waals surface area contributed by atoms with E-state index in [-0.39, 0.29) is 24.0 Å². The molecule has 24 heavy (non-hydrogen) atoms. The Morgan fingerprint density at radius 3 is 2.67 bits per heavy atom. The first kappa shape index (κ1) is 16.8. The monoisotopic (exact) mass is 330 g/mol. The first-order valence-electron chi connectivity index (χ1n) is 8.96. The summed E-state index contributed by atoms with van der Waals surface area (Å²) in [7, 11) is 0. The summed E-state index contributed by atoms with van der Waals surface area (Å²) in [6.07, 6.45) is 3.53. The van der Waals surface area contributed by atoms with Crippen LogP contribution in [-0.4, -0.2) is 42.6 Å². The van der Waals surface area contributed by atoms with Gasteiger partial charge >= 0.3 is 6.09 Å². The van der Waals surface area contributed by atoms with Crippen molar-refractivity contribution < 1.29 is 14.3 Å². The predicted octanol–water partition coefficient (Wildman–Crippen LogP) is 2.92. The highest BCUT2D eigenvalue weighted by Gasteiger charge is 2.36. The number of amides is 2. The van der Waals surface area contributed by atoms with Crippen LogP contribution >= 0.6 is 0 Å². The van der Waals surface area contributed by atoms with E-state index in [1.807, 2.05) is 18.2 Å². The number of nitrogens with zero attached hydrogens (tertiary/aromatic N) is 1. The van der Waals surface area contributed by atoms with E-state index in [1.165, 1.54) is 5.56 Å². The van der Waals surface area contributed by atoms with Crippen LogP contribution in [0.3, 0.4) is 0 Å². The van der Waals surface area contributed by atoms with E-state index in [1.54, 1.807) is 11.8 Å². The molecule has 1 aliphatic heterocycles. The zero-order valence-electron chi connectivity index (χ0n) is 14.2. The molecule has 5 nitrogen and oxygen atoms in total. The largest absolute Gasteiger partial charge is 0.450 e. The van der Waals surface area contributed by atoms with E-state index in [9.17, 15) is 9.59 Å². The first-order valence-corrected chi connectivity index (χ1v) is 8.96. The van der Waals surface area contributed by atoms with Gasteiger partial charge in [0.05, 0.1) is 12.5 Å². The van der Waals surface area contributed by atoms with E-state index in [0.29, 0.717) is 25.6 Å². The second-order valence-electron chi connectivity index (χ2n) is 6.69. The highest BCUT2D eigenvalue weighted by molar-refractivity contribution is 5.80. The van der Waals surface area contributed by atoms with Gasteiger partial charge in [-0.1, -0.05) is 30.3 Å². The second kappa shape index (κ2) is 7.69. The number of rotatable bonds is 4. The molecule has 0 bridgehead atoms. The zero-order valence-corrected chi connectivity index (χ0v) is 14.2. The number of carbonyl (C=O) groups excluding carboxylic acids is 2. The summed E-state index contributed by atoms with van der Waals surface area (Å²) < 4.78 is 5.05. The van der Waals surface area contributed by atoms with Crippen LogP contribution < -0.4 is 5.32 Å². The van der Waals surface area contributed by atoms with E-state index >= 15 is 0 Å². The Morgan fingerprint density at radius 2 is 2.00 bits per heavy atom. The van der Waals surface area contributed by atoms with Crippen molar-refractivity contribution in [3.63, 3.8) is 0 Å². The van der Waals surface area contributed by atoms with Crippen molar-refractivity contribution in [1.82, 2.24) is 10.2 Å². The average molecular weight is 330 g/mol. The van der Waals surface area contributed by atoms with Crippen molar-refractivity contribution in [2.75, 3.05) is 19.7 Å². The van der Waals surface area contributed by atoms with Crippen molar-refractivity contribution in [3.05, 3.63) is 35.9 Å². The van der Waals surface area contributed by atoms with Crippen molar-refractivity contribution >= 4 is 12.0 Å². The van der Waals surface area contributed by atoms with Gasteiger partial charge in [-0.05, 0) is 38.2 Å². The highest BCUT2D eigenvalue weighted by atomic mass is 16.6. The van der Waals surface area contributed by atoms with Crippen molar-refractivity contribution in [3.8, 4) is 0 Å². The predicted molar refractivity (Wildman–Crippen MR) is 91.7 cm³/mol. The smallest absolute Gasteiger partial charge is 0.409 e. The van der Waals surface area contributed by atoms with Crippen molar-refractivity contribution in [1.29, 1.82) is 0 Å². The van der Waals surface area contributed by atoms with Gasteiger partial charge in [0.2, 0.25) is 5.91 Å². The Hall–Kier alpha value is -2.04. The van der Waals surface area contributed by atoms with E-state index in [2.05, 4.69) is 17.4 Å². The lowest BCUT2D eigenvalue weighted by atomic mass is 9.75. The highest BCUT2D eigenvalue weighted by Crippen LogP contribution is 2.37. The first-order chi connectivity index (χ1) is 11.7. The Labute approximate surface area is 143 Å². The van der Waals surface area contributed by atoms with Gasteiger partial charge in [-0.15, -0.1) is 0 Å². The molecule has 1 aromatic carbocycles. The molecule has 1 saturated heterocycles. The van der Waals surface area contributed by atoms with Gasteiger partial charge in [0.1, 0.15) is 0 Å². The van der Waals surface area contributed by atoms with Crippen LogP contribution in [0, 0.1) is 5.92 Å². The number of piperidine rings is 1. The lowest BCUT2D eigenvalue weighted by Crippen LogP contribution is -2.51. The Morgan fingerprint density at radius 1 is 1.21 bits per heavy atom. The van der Waals surface area contributed by atoms with Crippen LogP contribution in [0.4, 0.5) is 4.79 Å². The Kier molecular flexibility index (Phi) is 5.38. The molecule has 0 radical (unpaired) electrons. The molecular formula is C19H26N2O3. The third kappa shape index (κ3) is 3.71. The molecule has 3 rings (SSSR count). The molecule has 130 valence electrons. The number of carbonyl (C=O) groups is 2. The zero-order chi connectivity index (χ0) is 16.9. The van der Waals surface area contributed by atoms with Crippen LogP contribution in [0.15, 0.2) is 30.3 Å². The van der Waals surface area contributed by atoms with Crippen LogP contribution in [0.1, 0.15) is 44.1 Å². The standard InChI is InChI=1S/C19H26N2O3/c1-2-24-19(23)21-12-6-9-15(13-21)18(22)20-17-11-10-16(17)14-7-4-3-5-8-14/h3-5,7-8,15-17H,2,6,9-13H2,1H3,(H,20,22). The summed E-state index contributed by atoms with van der Waals surface area (Å²) in [6, 6.07) is 10.6. The maximum atomic E-state index is 12.6. The molecule has 3 atom stereocenters. The SMILES string of the molecule is CCOC(=O)N1CCCC(C(=O)NC2CCC2c2ccccc2)C1. The summed E-state index contributed by atoms with van der Waals surface area (Å²) >= 11 is 0. The fourth-order valence-corrected chi connectivity index (χ4v) is 3.64. The average Bonchev–Trinajstić information content (AvgIpc) is 2.60. The quantitative estimate of drug-likeness (QED) is 0.923. The number of nitrogens with one attached hydrogen (secondary N) is 1. The molecule has 3 unspecified atom stereocenters. The molecular weight excluding hydrogens is 304 g/mol. The number of hydrogen-bond donors (Lipinski definition) is 1. The number of likely N-dealkylation sites (tertiary alicyclic amines) is 1. The molecule has 2 amide bonds. The fourth-order valence-electron chi connectivity index (χ4n) is 3.64. The van der Waals surface area contributed by atoms with Gasteiger partial charge in [0.15, 0.2) is 0 Å². The number of ether oxygens (including phenoxy) is 1. The van der Waals surface area contributed by atoms with Gasteiger partial charge in [-0.2, -0.15) is 0 Å². The molecule has 2 fully saturated rings. The Balaban J connectivity index is 1.54. The molecule has 1 aliphatic carbocycles. The van der Waals surface area contributed by atoms with Crippen LogP contribution in [-0.2, 0) is 9.53 Å². The summed E-state index contributed by atoms with van der Waals surface area (Å²) in [6.45, 7) is 3.31. The van der Waals surface area contributed by atoms with Crippen LogP contribution in [0.25, 0.3) is 0 Å². The van der Waals surface area contributed by atoms with E-state index in [4.69, 9.17) is 4.74 Å². The normalized spacial score (nSPS) is 26.4. The minimum Gasteiger partial charge on any atom is -0.450 e. The van der Waals surface area contributed by atoms with E-state index < -0.39 is 0 Å². The van der Waals surface area contributed by atoms with Crippen LogP contribution in [0.5, 0.6) is 0 Å². The Bertz CT molecular complexity index is 575. The summed E-state index contributed by atoms with van der Waals surface area (Å²) in [5.41, 5.74) is 1.30. The lowest BCUT2D eigenvalue weighted by Gasteiger charge is -2.39.